The lowest BCUT2D eigenvalue weighted by Gasteiger charge is -2.38. The number of aliphatic hydroxyl groups excluding tert-OH is 2. The van der Waals surface area contributed by atoms with E-state index in [0.717, 1.165) is 52.9 Å². The lowest BCUT2D eigenvalue weighted by Crippen LogP contribution is -2.38. The molecule has 2 heterocycles. The standard InChI is InChI=1S/C35H43N3O7/c39-23-24-9-11-26(12-10-24)32-19-30(22-38-18-17-29(40)21-38)44-35(45-32)27-15-13-25(14-16-27)31-6-2-1-5-28(31)20-36-33(41)7-3-4-8-34(42)37-43/h1-2,5-6,9-16,29-30,32,35,39-40,43H,3-4,7-8,17-23H2,(H,36,41)(H,37,42)/t29-,30+,32-,35-/m0/s1. The molecule has 0 radical (unpaired) electrons. The van der Waals surface area contributed by atoms with Crippen LogP contribution in [-0.4, -0.2) is 64.0 Å². The van der Waals surface area contributed by atoms with Gasteiger partial charge in [0.25, 0.3) is 0 Å². The van der Waals surface area contributed by atoms with Crippen molar-refractivity contribution in [3.8, 4) is 11.1 Å². The van der Waals surface area contributed by atoms with Gasteiger partial charge in [-0.3, -0.25) is 19.7 Å². The highest BCUT2D eigenvalue weighted by Gasteiger charge is 2.34. The molecule has 45 heavy (non-hydrogen) atoms. The predicted molar refractivity (Wildman–Crippen MR) is 168 cm³/mol. The van der Waals surface area contributed by atoms with E-state index >= 15 is 0 Å². The molecule has 0 unspecified atom stereocenters. The average molecular weight is 618 g/mol. The molecule has 3 aromatic carbocycles. The average Bonchev–Trinajstić information content (AvgIpc) is 3.49. The van der Waals surface area contributed by atoms with Crippen molar-refractivity contribution in [1.82, 2.24) is 15.7 Å². The summed E-state index contributed by atoms with van der Waals surface area (Å²) >= 11 is 0. The Morgan fingerprint density at radius 3 is 2.29 bits per heavy atom. The fraction of sp³-hybridized carbons (Fsp3) is 0.429. The number of amides is 2. The van der Waals surface area contributed by atoms with Gasteiger partial charge in [0.05, 0.1) is 24.9 Å². The number of rotatable bonds is 13. The van der Waals surface area contributed by atoms with E-state index in [0.29, 0.717) is 38.8 Å². The first-order chi connectivity index (χ1) is 21.9. The van der Waals surface area contributed by atoms with E-state index in [4.69, 9.17) is 14.7 Å². The molecule has 2 aliphatic heterocycles. The third kappa shape index (κ3) is 9.20. The number of nitrogens with one attached hydrogen (secondary N) is 2. The summed E-state index contributed by atoms with van der Waals surface area (Å²) in [5, 5.41) is 31.1. The van der Waals surface area contributed by atoms with Gasteiger partial charge in [-0.05, 0) is 47.1 Å². The van der Waals surface area contributed by atoms with Crippen LogP contribution < -0.4 is 10.8 Å². The molecular formula is C35H43N3O7. The molecule has 10 nitrogen and oxygen atoms in total. The fourth-order valence-electron chi connectivity index (χ4n) is 5.98. The summed E-state index contributed by atoms with van der Waals surface area (Å²) < 4.78 is 13.0. The summed E-state index contributed by atoms with van der Waals surface area (Å²) in [5.74, 6) is -0.539. The van der Waals surface area contributed by atoms with Gasteiger partial charge < -0.3 is 25.0 Å². The first-order valence-electron chi connectivity index (χ1n) is 15.7. The third-order valence-electron chi connectivity index (χ3n) is 8.49. The first-order valence-corrected chi connectivity index (χ1v) is 15.7. The minimum Gasteiger partial charge on any atom is -0.392 e. The quantitative estimate of drug-likeness (QED) is 0.110. The second kappa shape index (κ2) is 16.1. The molecule has 0 bridgehead atoms. The van der Waals surface area contributed by atoms with Crippen LogP contribution in [0.5, 0.6) is 0 Å². The van der Waals surface area contributed by atoms with Gasteiger partial charge in [0.2, 0.25) is 11.8 Å². The Morgan fingerprint density at radius 2 is 1.60 bits per heavy atom. The van der Waals surface area contributed by atoms with Crippen LogP contribution in [0.4, 0.5) is 0 Å². The molecular weight excluding hydrogens is 574 g/mol. The zero-order valence-corrected chi connectivity index (χ0v) is 25.4. The van der Waals surface area contributed by atoms with Crippen LogP contribution in [0.3, 0.4) is 0 Å². The molecule has 0 aliphatic carbocycles. The molecule has 0 spiro atoms. The summed E-state index contributed by atoms with van der Waals surface area (Å²) in [7, 11) is 0. The van der Waals surface area contributed by atoms with Crippen LogP contribution in [0.2, 0.25) is 0 Å². The Morgan fingerprint density at radius 1 is 0.889 bits per heavy atom. The molecule has 3 aromatic rings. The third-order valence-corrected chi connectivity index (χ3v) is 8.49. The molecule has 0 aromatic heterocycles. The number of hydrogen-bond acceptors (Lipinski definition) is 8. The van der Waals surface area contributed by atoms with E-state index in [1.54, 1.807) is 5.48 Å². The number of unbranched alkanes of at least 4 members (excludes halogenated alkanes) is 1. The number of hydrogen-bond donors (Lipinski definition) is 5. The van der Waals surface area contributed by atoms with Crippen molar-refractivity contribution in [3.63, 3.8) is 0 Å². The molecule has 2 aliphatic rings. The highest BCUT2D eigenvalue weighted by atomic mass is 16.7. The summed E-state index contributed by atoms with van der Waals surface area (Å²) in [6.45, 7) is 2.59. The van der Waals surface area contributed by atoms with Crippen molar-refractivity contribution in [1.29, 1.82) is 0 Å². The Balaban J connectivity index is 1.25. The number of nitrogens with zero attached hydrogens (tertiary/aromatic N) is 1. The van der Waals surface area contributed by atoms with Crippen LogP contribution in [0.1, 0.15) is 73.2 Å². The van der Waals surface area contributed by atoms with Crippen LogP contribution in [0.25, 0.3) is 11.1 Å². The van der Waals surface area contributed by atoms with Crippen molar-refractivity contribution in [2.24, 2.45) is 0 Å². The van der Waals surface area contributed by atoms with Gasteiger partial charge in [-0.25, -0.2) is 5.48 Å². The van der Waals surface area contributed by atoms with E-state index < -0.39 is 12.2 Å². The molecule has 2 amide bonds. The van der Waals surface area contributed by atoms with E-state index in [1.807, 2.05) is 72.8 Å². The number of benzene rings is 3. The summed E-state index contributed by atoms with van der Waals surface area (Å²) in [6, 6.07) is 23.9. The zero-order chi connectivity index (χ0) is 31.6. The molecule has 5 N–H and O–H groups in total. The zero-order valence-electron chi connectivity index (χ0n) is 25.4. The van der Waals surface area contributed by atoms with Gasteiger partial charge in [0.15, 0.2) is 6.29 Å². The Hall–Kier alpha value is -3.64. The van der Waals surface area contributed by atoms with E-state index in [9.17, 15) is 19.8 Å². The minimum absolute atomic E-state index is 0.00725. The number of aliphatic hydroxyl groups is 2. The number of hydroxylamine groups is 1. The van der Waals surface area contributed by atoms with Crippen LogP contribution in [0.15, 0.2) is 72.8 Å². The second-order valence-corrected chi connectivity index (χ2v) is 11.9. The van der Waals surface area contributed by atoms with Gasteiger partial charge in [-0.15, -0.1) is 0 Å². The lowest BCUT2D eigenvalue weighted by atomic mass is 9.97. The first kappa shape index (κ1) is 32.7. The van der Waals surface area contributed by atoms with Gasteiger partial charge in [0.1, 0.15) is 0 Å². The minimum atomic E-state index is -0.564. The number of carbonyl (C=O) groups excluding carboxylic acids is 2. The summed E-state index contributed by atoms with van der Waals surface area (Å²) in [6.07, 6.45) is 1.93. The molecule has 10 heteroatoms. The maximum absolute atomic E-state index is 12.4. The predicted octanol–water partition coefficient (Wildman–Crippen LogP) is 4.14. The Labute approximate surface area is 263 Å². The molecule has 0 saturated carbocycles. The van der Waals surface area contributed by atoms with Crippen molar-refractivity contribution >= 4 is 11.8 Å². The number of ether oxygens (including phenoxy) is 2. The normalized spacial score (nSPS) is 21.8. The maximum Gasteiger partial charge on any atom is 0.243 e. The van der Waals surface area contributed by atoms with Crippen LogP contribution in [0, 0.1) is 0 Å². The van der Waals surface area contributed by atoms with Gasteiger partial charge in [0, 0.05) is 51.0 Å². The topological polar surface area (TPSA) is 141 Å². The van der Waals surface area contributed by atoms with Gasteiger partial charge >= 0.3 is 0 Å². The van der Waals surface area contributed by atoms with E-state index in [1.165, 1.54) is 0 Å². The van der Waals surface area contributed by atoms with Gasteiger partial charge in [-0.1, -0.05) is 72.8 Å². The maximum atomic E-state index is 12.4. The molecule has 2 fully saturated rings. The molecule has 4 atom stereocenters. The molecule has 240 valence electrons. The van der Waals surface area contributed by atoms with Crippen molar-refractivity contribution in [3.05, 3.63) is 95.1 Å². The number of β-amino-alcohol motifs (C(OH)–C–C–N with tert-alkyl or cyclic N) is 1. The summed E-state index contributed by atoms with van der Waals surface area (Å²) in [4.78, 5) is 25.8. The SMILES string of the molecule is O=C(CCCCC(=O)NCc1ccccc1-c1ccc([C@H]2O[C@@H](CN3CC[C@H](O)C3)C[C@@H](c3ccc(CO)cc3)O2)cc1)NO. The fourth-order valence-corrected chi connectivity index (χ4v) is 5.98. The Kier molecular flexibility index (Phi) is 11.7. The number of carbonyl (C=O) groups is 2. The highest BCUT2D eigenvalue weighted by molar-refractivity contribution is 5.77. The lowest BCUT2D eigenvalue weighted by molar-refractivity contribution is -0.252. The van der Waals surface area contributed by atoms with Gasteiger partial charge in [-0.2, -0.15) is 0 Å². The summed E-state index contributed by atoms with van der Waals surface area (Å²) in [5.41, 5.74) is 7.41. The second-order valence-electron chi connectivity index (χ2n) is 11.9. The monoisotopic (exact) mass is 617 g/mol. The Bertz CT molecular complexity index is 1400. The van der Waals surface area contributed by atoms with E-state index in [2.05, 4.69) is 10.2 Å². The van der Waals surface area contributed by atoms with Crippen molar-refractivity contribution < 1.29 is 34.5 Å². The van der Waals surface area contributed by atoms with Crippen molar-refractivity contribution in [2.75, 3.05) is 19.6 Å². The highest BCUT2D eigenvalue weighted by Crippen LogP contribution is 2.39. The molecule has 5 rings (SSSR count). The smallest absolute Gasteiger partial charge is 0.243 e. The van der Waals surface area contributed by atoms with Crippen LogP contribution >= 0.6 is 0 Å². The molecule has 2 saturated heterocycles. The largest absolute Gasteiger partial charge is 0.392 e. The van der Waals surface area contributed by atoms with Crippen LogP contribution in [-0.2, 0) is 32.2 Å². The number of likely N-dealkylation sites (tertiary alicyclic amines) is 1. The van der Waals surface area contributed by atoms with Crippen molar-refractivity contribution in [2.45, 2.75) is 76.3 Å². The van der Waals surface area contributed by atoms with E-state index in [-0.39, 0.29) is 37.2 Å².